The van der Waals surface area contributed by atoms with E-state index < -0.39 is 11.6 Å². The Balaban J connectivity index is 2.38. The average molecular weight is 256 g/mol. The van der Waals surface area contributed by atoms with Gasteiger partial charge < -0.3 is 14.6 Å². The molecule has 17 heavy (non-hydrogen) atoms. The average Bonchev–Trinajstić information content (AvgIpc) is 2.72. The molecule has 0 saturated carbocycles. The largest absolute Gasteiger partial charge is 0.475 e. The minimum absolute atomic E-state index is 0.125. The molecule has 2 N–H and O–H groups in total. The van der Waals surface area contributed by atoms with E-state index in [0.29, 0.717) is 11.5 Å². The van der Waals surface area contributed by atoms with Crippen molar-refractivity contribution in [2.45, 2.75) is 25.9 Å². The summed E-state index contributed by atoms with van der Waals surface area (Å²) >= 11 is 1.66. The normalized spacial score (nSPS) is 27.9. The number of furan rings is 1. The molecule has 94 valence electrons. The zero-order chi connectivity index (χ0) is 12.7. The zero-order valence-corrected chi connectivity index (χ0v) is 10.7. The van der Waals surface area contributed by atoms with Crippen molar-refractivity contribution in [3.8, 4) is 0 Å². The molecule has 0 aliphatic carbocycles. The standard InChI is InChI=1S/C12H16O4S/c1-11(2)5-6-17-7-12(11,15)9-4-3-8(16-9)10(13)14/h3-4,15H,5-7H2,1-2H3,(H,13,14). The molecule has 0 spiro atoms. The minimum atomic E-state index is -1.11. The summed E-state index contributed by atoms with van der Waals surface area (Å²) in [5, 5.41) is 19.6. The molecule has 4 nitrogen and oxygen atoms in total. The Morgan fingerprint density at radius 2 is 2.18 bits per heavy atom. The van der Waals surface area contributed by atoms with Crippen molar-refractivity contribution in [3.05, 3.63) is 23.7 Å². The number of carbonyl (C=O) groups is 1. The second-order valence-corrected chi connectivity index (χ2v) is 6.12. The Kier molecular flexibility index (Phi) is 2.99. The summed E-state index contributed by atoms with van der Waals surface area (Å²) in [5.41, 5.74) is -1.41. The lowest BCUT2D eigenvalue weighted by molar-refractivity contribution is -0.0741. The van der Waals surface area contributed by atoms with Gasteiger partial charge in [-0.3, -0.25) is 0 Å². The van der Waals surface area contributed by atoms with E-state index in [0.717, 1.165) is 12.2 Å². The number of aromatic carboxylic acids is 1. The molecule has 1 fully saturated rings. The van der Waals surface area contributed by atoms with Crippen molar-refractivity contribution in [1.82, 2.24) is 0 Å². The molecule has 0 amide bonds. The van der Waals surface area contributed by atoms with Gasteiger partial charge in [0.1, 0.15) is 11.4 Å². The van der Waals surface area contributed by atoms with E-state index in [9.17, 15) is 9.90 Å². The van der Waals surface area contributed by atoms with E-state index in [4.69, 9.17) is 9.52 Å². The van der Waals surface area contributed by atoms with Gasteiger partial charge in [0, 0.05) is 11.2 Å². The predicted molar refractivity (Wildman–Crippen MR) is 65.3 cm³/mol. The van der Waals surface area contributed by atoms with Crippen LogP contribution in [0.4, 0.5) is 0 Å². The molecule has 1 aromatic rings. The summed E-state index contributed by atoms with van der Waals surface area (Å²) in [6.45, 7) is 3.96. The Labute approximate surface area is 104 Å². The molecule has 1 aliphatic heterocycles. The summed E-state index contributed by atoms with van der Waals surface area (Å²) in [6.07, 6.45) is 0.872. The first-order chi connectivity index (χ1) is 7.87. The van der Waals surface area contributed by atoms with E-state index >= 15 is 0 Å². The Hall–Kier alpha value is -0.940. The van der Waals surface area contributed by atoms with E-state index in [1.807, 2.05) is 13.8 Å². The second-order valence-electron chi connectivity index (χ2n) is 5.02. The first-order valence-corrected chi connectivity index (χ1v) is 6.66. The van der Waals surface area contributed by atoms with Crippen LogP contribution in [0.15, 0.2) is 16.5 Å². The minimum Gasteiger partial charge on any atom is -0.475 e. The van der Waals surface area contributed by atoms with Crippen LogP contribution in [0.3, 0.4) is 0 Å². The number of carboxylic acids is 1. The van der Waals surface area contributed by atoms with Gasteiger partial charge in [0.05, 0.1) is 0 Å². The Morgan fingerprint density at radius 3 is 2.71 bits per heavy atom. The van der Waals surface area contributed by atoms with Crippen molar-refractivity contribution in [2.24, 2.45) is 5.41 Å². The van der Waals surface area contributed by atoms with Gasteiger partial charge in [-0.1, -0.05) is 13.8 Å². The van der Waals surface area contributed by atoms with Crippen LogP contribution in [-0.2, 0) is 5.60 Å². The van der Waals surface area contributed by atoms with Gasteiger partial charge in [0.25, 0.3) is 0 Å². The lowest BCUT2D eigenvalue weighted by atomic mass is 9.72. The lowest BCUT2D eigenvalue weighted by Gasteiger charge is -2.44. The van der Waals surface area contributed by atoms with Gasteiger partial charge >= 0.3 is 5.97 Å². The molecule has 0 aromatic carbocycles. The number of carboxylic acid groups (broad SMARTS) is 1. The summed E-state index contributed by atoms with van der Waals surface area (Å²) in [6, 6.07) is 2.96. The monoisotopic (exact) mass is 256 g/mol. The van der Waals surface area contributed by atoms with Crippen molar-refractivity contribution in [3.63, 3.8) is 0 Å². The van der Waals surface area contributed by atoms with E-state index in [1.165, 1.54) is 6.07 Å². The van der Waals surface area contributed by atoms with Crippen molar-refractivity contribution in [1.29, 1.82) is 0 Å². The molecule has 1 aliphatic rings. The van der Waals surface area contributed by atoms with E-state index in [-0.39, 0.29) is 11.2 Å². The fourth-order valence-electron chi connectivity index (χ4n) is 2.03. The number of thioether (sulfide) groups is 1. The van der Waals surface area contributed by atoms with Crippen LogP contribution >= 0.6 is 11.8 Å². The third-order valence-corrected chi connectivity index (χ3v) is 4.64. The molecule has 0 bridgehead atoms. The highest BCUT2D eigenvalue weighted by molar-refractivity contribution is 7.99. The molecule has 1 unspecified atom stereocenters. The molecule has 5 heteroatoms. The number of aliphatic hydroxyl groups is 1. The number of hydrogen-bond acceptors (Lipinski definition) is 4. The molecule has 1 aromatic heterocycles. The van der Waals surface area contributed by atoms with E-state index in [1.54, 1.807) is 17.8 Å². The maximum Gasteiger partial charge on any atom is 0.371 e. The highest BCUT2D eigenvalue weighted by Crippen LogP contribution is 2.48. The van der Waals surface area contributed by atoms with Crippen LogP contribution in [0.5, 0.6) is 0 Å². The van der Waals surface area contributed by atoms with Crippen LogP contribution in [0.1, 0.15) is 36.6 Å². The fourth-order valence-corrected chi connectivity index (χ4v) is 3.66. The first-order valence-electron chi connectivity index (χ1n) is 5.50. The van der Waals surface area contributed by atoms with Gasteiger partial charge in [-0.2, -0.15) is 11.8 Å². The van der Waals surface area contributed by atoms with Gasteiger partial charge in [-0.05, 0) is 24.3 Å². The maximum atomic E-state index is 10.8. The molecule has 1 saturated heterocycles. The fraction of sp³-hybridized carbons (Fsp3) is 0.583. The molecule has 2 rings (SSSR count). The van der Waals surface area contributed by atoms with Gasteiger partial charge in [-0.15, -0.1) is 0 Å². The smallest absolute Gasteiger partial charge is 0.371 e. The summed E-state index contributed by atoms with van der Waals surface area (Å²) < 4.78 is 5.26. The Morgan fingerprint density at radius 1 is 1.47 bits per heavy atom. The van der Waals surface area contributed by atoms with Gasteiger partial charge in [-0.25, -0.2) is 4.79 Å². The first kappa shape index (κ1) is 12.5. The summed E-state index contributed by atoms with van der Waals surface area (Å²) in [7, 11) is 0. The van der Waals surface area contributed by atoms with Crippen molar-refractivity contribution < 1.29 is 19.4 Å². The highest BCUT2D eigenvalue weighted by atomic mass is 32.2. The number of hydrogen-bond donors (Lipinski definition) is 2. The molecule has 2 heterocycles. The SMILES string of the molecule is CC1(C)CCSCC1(O)c1ccc(C(=O)O)o1. The van der Waals surface area contributed by atoms with Crippen molar-refractivity contribution >= 4 is 17.7 Å². The zero-order valence-electron chi connectivity index (χ0n) is 9.90. The van der Waals surface area contributed by atoms with Gasteiger partial charge in [0.15, 0.2) is 0 Å². The van der Waals surface area contributed by atoms with Crippen LogP contribution < -0.4 is 0 Å². The quantitative estimate of drug-likeness (QED) is 0.849. The van der Waals surface area contributed by atoms with Crippen molar-refractivity contribution in [2.75, 3.05) is 11.5 Å². The molecule has 0 radical (unpaired) electrons. The Bertz CT molecular complexity index is 437. The summed E-state index contributed by atoms with van der Waals surface area (Å²) in [5.74, 6) is 0.655. The molecular formula is C12H16O4S. The van der Waals surface area contributed by atoms with Gasteiger partial charge in [0.2, 0.25) is 5.76 Å². The van der Waals surface area contributed by atoms with Crippen LogP contribution in [0.2, 0.25) is 0 Å². The maximum absolute atomic E-state index is 10.8. The topological polar surface area (TPSA) is 70.7 Å². The second kappa shape index (κ2) is 4.07. The van der Waals surface area contributed by atoms with Crippen LogP contribution in [0, 0.1) is 5.41 Å². The third kappa shape index (κ3) is 1.98. The number of rotatable bonds is 2. The third-order valence-electron chi connectivity index (χ3n) is 3.53. The molecule has 1 atom stereocenters. The van der Waals surface area contributed by atoms with Crippen LogP contribution in [-0.4, -0.2) is 27.7 Å². The molecular weight excluding hydrogens is 240 g/mol. The predicted octanol–water partition coefficient (Wildman–Crippen LogP) is 2.33. The lowest BCUT2D eigenvalue weighted by Crippen LogP contribution is -2.47. The van der Waals surface area contributed by atoms with Crippen LogP contribution in [0.25, 0.3) is 0 Å². The van der Waals surface area contributed by atoms with E-state index in [2.05, 4.69) is 0 Å². The highest BCUT2D eigenvalue weighted by Gasteiger charge is 2.49. The summed E-state index contributed by atoms with van der Waals surface area (Å²) in [4.78, 5) is 10.8.